The van der Waals surface area contributed by atoms with Crippen molar-refractivity contribution >= 4 is 0 Å². The first kappa shape index (κ1) is 20.4. The predicted octanol–water partition coefficient (Wildman–Crippen LogP) is 6.62. The highest BCUT2D eigenvalue weighted by Crippen LogP contribution is 2.43. The molecule has 2 N–H and O–H groups in total. The van der Waals surface area contributed by atoms with Crippen molar-refractivity contribution < 1.29 is 10.2 Å². The lowest BCUT2D eigenvalue weighted by molar-refractivity contribution is 0.289. The molecule has 2 heteroatoms. The molecule has 26 heavy (non-hydrogen) atoms. The summed E-state index contributed by atoms with van der Waals surface area (Å²) in [5.41, 5.74) is 4.98. The van der Waals surface area contributed by atoms with Crippen LogP contribution < -0.4 is 0 Å². The highest BCUT2D eigenvalue weighted by Gasteiger charge is 2.26. The summed E-state index contributed by atoms with van der Waals surface area (Å²) in [5, 5.41) is 21.5. The number of rotatable bonds is 5. The molecule has 0 aromatic heterocycles. The van der Waals surface area contributed by atoms with E-state index in [-0.39, 0.29) is 11.3 Å². The van der Waals surface area contributed by atoms with Gasteiger partial charge in [0, 0.05) is 17.0 Å². The Morgan fingerprint density at radius 1 is 0.885 bits per heavy atom. The summed E-state index contributed by atoms with van der Waals surface area (Å²) in [7, 11) is 0. The normalized spacial score (nSPS) is 14.3. The summed E-state index contributed by atoms with van der Waals surface area (Å²) in [6, 6.07) is 9.98. The SMILES string of the molecule is Cc1cc(C)c(O)c(C(CC(C)CC(C)(C)C)c2cccc(C)c2O)c1. The fourth-order valence-electron chi connectivity index (χ4n) is 4.17. The maximum Gasteiger partial charge on any atom is 0.122 e. The standard InChI is InChI=1S/C24H34O2/c1-15-11-18(4)23(26)21(12-15)20(13-16(2)14-24(5,6)7)19-10-8-9-17(3)22(19)25/h8-12,16,20,25-26H,13-14H2,1-7H3. The molecule has 0 saturated carbocycles. The van der Waals surface area contributed by atoms with Gasteiger partial charge in [0.2, 0.25) is 0 Å². The second kappa shape index (κ2) is 7.73. The fraction of sp³-hybridized carbons (Fsp3) is 0.500. The third-order valence-electron chi connectivity index (χ3n) is 5.09. The lowest BCUT2D eigenvalue weighted by atomic mass is 9.77. The number of phenolic OH excluding ortho intramolecular Hbond substituents is 2. The van der Waals surface area contributed by atoms with Crippen LogP contribution >= 0.6 is 0 Å². The minimum absolute atomic E-state index is 0.0224. The Hall–Kier alpha value is -1.96. The third kappa shape index (κ3) is 4.81. The Morgan fingerprint density at radius 2 is 1.50 bits per heavy atom. The van der Waals surface area contributed by atoms with E-state index in [1.165, 1.54) is 0 Å². The van der Waals surface area contributed by atoms with Crippen molar-refractivity contribution in [3.63, 3.8) is 0 Å². The Kier molecular flexibility index (Phi) is 6.05. The van der Waals surface area contributed by atoms with E-state index in [4.69, 9.17) is 0 Å². The summed E-state index contributed by atoms with van der Waals surface area (Å²) in [4.78, 5) is 0. The van der Waals surface area contributed by atoms with Crippen LogP contribution in [0.15, 0.2) is 30.3 Å². The molecule has 0 aliphatic rings. The van der Waals surface area contributed by atoms with E-state index in [1.54, 1.807) is 0 Å². The van der Waals surface area contributed by atoms with E-state index in [2.05, 4.69) is 40.7 Å². The molecule has 2 aromatic rings. The quantitative estimate of drug-likeness (QED) is 0.633. The Bertz CT molecular complexity index is 769. The Morgan fingerprint density at radius 3 is 2.12 bits per heavy atom. The van der Waals surface area contributed by atoms with E-state index in [0.717, 1.165) is 40.7 Å². The number of aryl methyl sites for hydroxylation is 3. The summed E-state index contributed by atoms with van der Waals surface area (Å²) in [6.45, 7) is 15.0. The van der Waals surface area contributed by atoms with Crippen molar-refractivity contribution in [1.82, 2.24) is 0 Å². The Balaban J connectivity index is 2.54. The maximum absolute atomic E-state index is 10.8. The molecule has 0 saturated heterocycles. The molecule has 0 amide bonds. The number of hydrogen-bond acceptors (Lipinski definition) is 2. The number of phenols is 2. The van der Waals surface area contributed by atoms with Gasteiger partial charge in [-0.3, -0.25) is 0 Å². The van der Waals surface area contributed by atoms with Gasteiger partial charge >= 0.3 is 0 Å². The smallest absolute Gasteiger partial charge is 0.122 e. The average molecular weight is 355 g/mol. The average Bonchev–Trinajstić information content (AvgIpc) is 2.50. The molecule has 0 fully saturated rings. The highest BCUT2D eigenvalue weighted by atomic mass is 16.3. The molecular formula is C24H34O2. The first-order valence-corrected chi connectivity index (χ1v) is 9.58. The van der Waals surface area contributed by atoms with Gasteiger partial charge in [0.05, 0.1) is 0 Å². The lowest BCUT2D eigenvalue weighted by Crippen LogP contribution is -2.15. The molecule has 0 heterocycles. The summed E-state index contributed by atoms with van der Waals surface area (Å²) >= 11 is 0. The number of hydrogen-bond donors (Lipinski definition) is 2. The van der Waals surface area contributed by atoms with Gasteiger partial charge in [-0.15, -0.1) is 0 Å². The van der Waals surface area contributed by atoms with Crippen LogP contribution in [-0.4, -0.2) is 10.2 Å². The van der Waals surface area contributed by atoms with Crippen molar-refractivity contribution in [1.29, 1.82) is 0 Å². The van der Waals surface area contributed by atoms with Crippen LogP contribution in [0.1, 0.15) is 74.3 Å². The van der Waals surface area contributed by atoms with Gasteiger partial charge in [-0.2, -0.15) is 0 Å². The lowest BCUT2D eigenvalue weighted by Gasteiger charge is -2.28. The van der Waals surface area contributed by atoms with Crippen molar-refractivity contribution in [3.05, 3.63) is 58.1 Å². The first-order valence-electron chi connectivity index (χ1n) is 9.58. The molecule has 2 aromatic carbocycles. The number of benzene rings is 2. The van der Waals surface area contributed by atoms with Crippen LogP contribution in [0.25, 0.3) is 0 Å². The van der Waals surface area contributed by atoms with Gasteiger partial charge in [0.15, 0.2) is 0 Å². The molecule has 0 bridgehead atoms. The zero-order valence-electron chi connectivity index (χ0n) is 17.4. The van der Waals surface area contributed by atoms with Gasteiger partial charge in [0.25, 0.3) is 0 Å². The molecule has 2 rings (SSSR count). The highest BCUT2D eigenvalue weighted by molar-refractivity contribution is 5.52. The number of aromatic hydroxyl groups is 2. The fourth-order valence-corrected chi connectivity index (χ4v) is 4.17. The van der Waals surface area contributed by atoms with E-state index in [9.17, 15) is 10.2 Å². The zero-order valence-corrected chi connectivity index (χ0v) is 17.4. The van der Waals surface area contributed by atoms with E-state index >= 15 is 0 Å². The van der Waals surface area contributed by atoms with Gasteiger partial charge < -0.3 is 10.2 Å². The van der Waals surface area contributed by atoms with Gasteiger partial charge in [-0.05, 0) is 56.1 Å². The summed E-state index contributed by atoms with van der Waals surface area (Å²) in [5.74, 6) is 1.15. The van der Waals surface area contributed by atoms with Gasteiger partial charge in [-0.25, -0.2) is 0 Å². The minimum Gasteiger partial charge on any atom is -0.507 e. The maximum atomic E-state index is 10.8. The molecule has 0 spiro atoms. The monoisotopic (exact) mass is 354 g/mol. The summed E-state index contributed by atoms with van der Waals surface area (Å²) in [6.07, 6.45) is 1.99. The topological polar surface area (TPSA) is 40.5 Å². The summed E-state index contributed by atoms with van der Waals surface area (Å²) < 4.78 is 0. The van der Waals surface area contributed by atoms with Crippen LogP contribution in [0.5, 0.6) is 11.5 Å². The van der Waals surface area contributed by atoms with E-state index in [1.807, 2.05) is 38.1 Å². The number of para-hydroxylation sites is 1. The van der Waals surface area contributed by atoms with Crippen molar-refractivity contribution in [2.75, 3.05) is 0 Å². The minimum atomic E-state index is -0.0224. The molecule has 0 aliphatic heterocycles. The van der Waals surface area contributed by atoms with E-state index in [0.29, 0.717) is 17.4 Å². The van der Waals surface area contributed by atoms with Crippen LogP contribution in [0.4, 0.5) is 0 Å². The van der Waals surface area contributed by atoms with Gasteiger partial charge in [-0.1, -0.05) is 63.6 Å². The van der Waals surface area contributed by atoms with E-state index < -0.39 is 0 Å². The van der Waals surface area contributed by atoms with Crippen molar-refractivity contribution in [2.24, 2.45) is 11.3 Å². The Labute approximate surface area is 158 Å². The van der Waals surface area contributed by atoms with Crippen LogP contribution in [0.3, 0.4) is 0 Å². The first-order chi connectivity index (χ1) is 12.0. The van der Waals surface area contributed by atoms with Crippen molar-refractivity contribution in [2.45, 2.75) is 67.2 Å². The third-order valence-corrected chi connectivity index (χ3v) is 5.09. The molecule has 0 aliphatic carbocycles. The molecule has 2 nitrogen and oxygen atoms in total. The second-order valence-electron chi connectivity index (χ2n) is 9.19. The largest absolute Gasteiger partial charge is 0.507 e. The molecule has 0 radical (unpaired) electrons. The molecule has 142 valence electrons. The molecule has 2 unspecified atom stereocenters. The zero-order chi connectivity index (χ0) is 19.6. The van der Waals surface area contributed by atoms with Crippen molar-refractivity contribution in [3.8, 4) is 11.5 Å². The van der Waals surface area contributed by atoms with Crippen LogP contribution in [-0.2, 0) is 0 Å². The van der Waals surface area contributed by atoms with Crippen LogP contribution in [0.2, 0.25) is 0 Å². The predicted molar refractivity (Wildman–Crippen MR) is 110 cm³/mol. The van der Waals surface area contributed by atoms with Crippen LogP contribution in [0, 0.1) is 32.1 Å². The molecule has 2 atom stereocenters. The van der Waals surface area contributed by atoms with Gasteiger partial charge in [0.1, 0.15) is 11.5 Å². The second-order valence-corrected chi connectivity index (χ2v) is 9.19. The molecular weight excluding hydrogens is 320 g/mol.